The summed E-state index contributed by atoms with van der Waals surface area (Å²) < 4.78 is 5.82. The van der Waals surface area contributed by atoms with E-state index in [0.717, 1.165) is 17.1 Å². The molecule has 18 heavy (non-hydrogen) atoms. The Hall–Kier alpha value is -1.50. The minimum absolute atomic E-state index is 0.443. The van der Waals surface area contributed by atoms with Gasteiger partial charge in [-0.3, -0.25) is 0 Å². The maximum absolute atomic E-state index is 5.82. The molecule has 0 saturated heterocycles. The highest BCUT2D eigenvalue weighted by Crippen LogP contribution is 2.25. The van der Waals surface area contributed by atoms with E-state index in [0.29, 0.717) is 11.8 Å². The number of furan rings is 1. The van der Waals surface area contributed by atoms with Gasteiger partial charge in [0.25, 0.3) is 0 Å². The summed E-state index contributed by atoms with van der Waals surface area (Å²) in [4.78, 5) is 0. The van der Waals surface area contributed by atoms with Crippen LogP contribution >= 0.6 is 0 Å². The van der Waals surface area contributed by atoms with Gasteiger partial charge in [-0.2, -0.15) is 0 Å². The van der Waals surface area contributed by atoms with Gasteiger partial charge in [-0.1, -0.05) is 65.0 Å². The fourth-order valence-electron chi connectivity index (χ4n) is 1.69. The Morgan fingerprint density at radius 1 is 1.11 bits per heavy atom. The van der Waals surface area contributed by atoms with Gasteiger partial charge in [-0.25, -0.2) is 0 Å². The van der Waals surface area contributed by atoms with Crippen LogP contribution in [0.1, 0.15) is 52.1 Å². The van der Waals surface area contributed by atoms with E-state index in [1.54, 1.807) is 0 Å². The molecule has 1 atom stereocenters. The highest BCUT2D eigenvalue weighted by atomic mass is 16.3. The van der Waals surface area contributed by atoms with Gasteiger partial charge < -0.3 is 4.42 Å². The fourth-order valence-corrected chi connectivity index (χ4v) is 1.69. The average molecular weight is 244 g/mol. The summed E-state index contributed by atoms with van der Waals surface area (Å²) in [5.74, 6) is 2.94. The van der Waals surface area contributed by atoms with Gasteiger partial charge in [-0.05, 0) is 18.1 Å². The van der Waals surface area contributed by atoms with Crippen LogP contribution in [-0.4, -0.2) is 0 Å². The van der Waals surface area contributed by atoms with Crippen LogP contribution in [0.5, 0.6) is 0 Å². The third kappa shape index (κ3) is 3.76. The van der Waals surface area contributed by atoms with Crippen LogP contribution in [0.2, 0.25) is 0 Å². The standard InChI is InChI=1S/C15H18O.C2H6/c1-11(2)14-9-10-15(16-14)13-6-4-5-12(3)7-8-13;1-2/h4-12H,1-3H3;1-2H3. The first-order valence-electron chi connectivity index (χ1n) is 6.83. The van der Waals surface area contributed by atoms with E-state index < -0.39 is 0 Å². The van der Waals surface area contributed by atoms with Gasteiger partial charge >= 0.3 is 0 Å². The smallest absolute Gasteiger partial charge is 0.134 e. The second-order valence-electron chi connectivity index (χ2n) is 4.58. The summed E-state index contributed by atoms with van der Waals surface area (Å²) in [5, 5.41) is 0. The third-order valence-corrected chi connectivity index (χ3v) is 2.75. The van der Waals surface area contributed by atoms with Gasteiger partial charge in [0, 0.05) is 11.5 Å². The number of rotatable bonds is 2. The lowest BCUT2D eigenvalue weighted by Gasteiger charge is -2.00. The molecule has 1 unspecified atom stereocenters. The van der Waals surface area contributed by atoms with Crippen LogP contribution < -0.4 is 0 Å². The first-order valence-corrected chi connectivity index (χ1v) is 6.83. The first kappa shape index (κ1) is 14.6. The lowest BCUT2D eigenvalue weighted by Crippen LogP contribution is -1.82. The summed E-state index contributed by atoms with van der Waals surface area (Å²) in [5.41, 5.74) is 1.15. The Balaban J connectivity index is 0.000000771. The molecule has 0 amide bonds. The molecule has 1 aromatic heterocycles. The summed E-state index contributed by atoms with van der Waals surface area (Å²) in [6.07, 6.45) is 10.7. The van der Waals surface area contributed by atoms with Crippen LogP contribution in [0.15, 0.2) is 46.9 Å². The second-order valence-corrected chi connectivity index (χ2v) is 4.58. The topological polar surface area (TPSA) is 13.1 Å². The molecule has 2 rings (SSSR count). The lowest BCUT2D eigenvalue weighted by molar-refractivity contribution is 0.478. The number of hydrogen-bond donors (Lipinski definition) is 0. The van der Waals surface area contributed by atoms with Crippen molar-refractivity contribution in [3.05, 3.63) is 54.0 Å². The quantitative estimate of drug-likeness (QED) is 0.662. The zero-order valence-corrected chi connectivity index (χ0v) is 12.1. The molecule has 1 aliphatic carbocycles. The molecule has 1 aromatic rings. The zero-order valence-electron chi connectivity index (χ0n) is 12.1. The molecule has 1 heteroatoms. The van der Waals surface area contributed by atoms with Crippen molar-refractivity contribution in [2.45, 2.75) is 40.5 Å². The van der Waals surface area contributed by atoms with Crippen molar-refractivity contribution < 1.29 is 4.42 Å². The molecule has 0 aromatic carbocycles. The van der Waals surface area contributed by atoms with Crippen LogP contribution in [-0.2, 0) is 0 Å². The van der Waals surface area contributed by atoms with E-state index in [9.17, 15) is 0 Å². The third-order valence-electron chi connectivity index (χ3n) is 2.75. The van der Waals surface area contributed by atoms with Gasteiger partial charge in [-0.15, -0.1) is 0 Å². The molecule has 1 heterocycles. The molecule has 0 spiro atoms. The summed E-state index contributed by atoms with van der Waals surface area (Å²) in [7, 11) is 0. The molecule has 0 bridgehead atoms. The predicted molar refractivity (Wildman–Crippen MR) is 79.6 cm³/mol. The molecule has 1 aliphatic rings. The largest absolute Gasteiger partial charge is 0.461 e. The molecular formula is C17H24O. The van der Waals surface area contributed by atoms with Gasteiger partial charge in [0.2, 0.25) is 0 Å². The Bertz CT molecular complexity index is 444. The van der Waals surface area contributed by atoms with Gasteiger partial charge in [0.05, 0.1) is 0 Å². The second kappa shape index (κ2) is 7.05. The van der Waals surface area contributed by atoms with E-state index >= 15 is 0 Å². The summed E-state index contributed by atoms with van der Waals surface area (Å²) in [6, 6.07) is 4.11. The van der Waals surface area contributed by atoms with E-state index in [-0.39, 0.29) is 0 Å². The average Bonchev–Trinajstić information content (AvgIpc) is 2.76. The minimum Gasteiger partial charge on any atom is -0.461 e. The van der Waals surface area contributed by atoms with E-state index in [1.165, 1.54) is 0 Å². The van der Waals surface area contributed by atoms with Gasteiger partial charge in [0.15, 0.2) is 0 Å². The monoisotopic (exact) mass is 244 g/mol. The van der Waals surface area contributed by atoms with Crippen molar-refractivity contribution >= 4 is 5.57 Å². The normalized spacial score (nSPS) is 18.1. The Morgan fingerprint density at radius 2 is 1.83 bits per heavy atom. The first-order chi connectivity index (χ1) is 8.66. The maximum Gasteiger partial charge on any atom is 0.134 e. The van der Waals surface area contributed by atoms with Crippen molar-refractivity contribution in [2.24, 2.45) is 5.92 Å². The fraction of sp³-hybridized carbons (Fsp3) is 0.412. The van der Waals surface area contributed by atoms with E-state index in [4.69, 9.17) is 4.42 Å². The molecule has 0 aliphatic heterocycles. The molecular weight excluding hydrogens is 220 g/mol. The Kier molecular flexibility index (Phi) is 5.70. The predicted octanol–water partition coefficient (Wildman–Crippen LogP) is 5.57. The molecule has 0 radical (unpaired) electrons. The highest BCUT2D eigenvalue weighted by Gasteiger charge is 2.08. The van der Waals surface area contributed by atoms with Crippen LogP contribution in [0.4, 0.5) is 0 Å². The van der Waals surface area contributed by atoms with Gasteiger partial charge in [0.1, 0.15) is 11.5 Å². The Morgan fingerprint density at radius 3 is 2.44 bits per heavy atom. The van der Waals surface area contributed by atoms with Crippen molar-refractivity contribution in [2.75, 3.05) is 0 Å². The molecule has 0 fully saturated rings. The number of hydrogen-bond acceptors (Lipinski definition) is 1. The zero-order chi connectivity index (χ0) is 13.5. The van der Waals surface area contributed by atoms with Crippen molar-refractivity contribution in [3.63, 3.8) is 0 Å². The molecule has 1 nitrogen and oxygen atoms in total. The van der Waals surface area contributed by atoms with Crippen molar-refractivity contribution in [3.8, 4) is 0 Å². The molecule has 0 saturated carbocycles. The van der Waals surface area contributed by atoms with Crippen molar-refractivity contribution in [1.82, 2.24) is 0 Å². The highest BCUT2D eigenvalue weighted by molar-refractivity contribution is 5.72. The summed E-state index contributed by atoms with van der Waals surface area (Å²) in [6.45, 7) is 10.5. The summed E-state index contributed by atoms with van der Waals surface area (Å²) >= 11 is 0. The molecule has 0 N–H and O–H groups in total. The minimum atomic E-state index is 0.443. The van der Waals surface area contributed by atoms with Crippen LogP contribution in [0.25, 0.3) is 5.57 Å². The molecule has 98 valence electrons. The Labute approximate surface area is 111 Å². The van der Waals surface area contributed by atoms with Crippen LogP contribution in [0, 0.1) is 5.92 Å². The lowest BCUT2D eigenvalue weighted by atomic mass is 10.1. The van der Waals surface area contributed by atoms with Crippen molar-refractivity contribution in [1.29, 1.82) is 0 Å². The van der Waals surface area contributed by atoms with Crippen LogP contribution in [0.3, 0.4) is 0 Å². The SMILES string of the molecule is CC.CC1C=CC=C(c2ccc(C(C)C)o2)C=C1. The number of allylic oxidation sites excluding steroid dienone is 6. The van der Waals surface area contributed by atoms with E-state index in [2.05, 4.69) is 63.3 Å². The van der Waals surface area contributed by atoms with E-state index in [1.807, 2.05) is 13.8 Å². The maximum atomic E-state index is 5.82.